The predicted octanol–water partition coefficient (Wildman–Crippen LogP) is 2.32. The molecule has 0 aromatic heterocycles. The molecule has 0 spiro atoms. The number of carbonyl (C=O) groups is 3. The number of carbonyl (C=O) groups excluding carboxylic acids is 3. The summed E-state index contributed by atoms with van der Waals surface area (Å²) in [5.41, 5.74) is 2.17. The van der Waals surface area contributed by atoms with Gasteiger partial charge >= 0.3 is 0 Å². The lowest BCUT2D eigenvalue weighted by Crippen LogP contribution is -2.31. The maximum atomic E-state index is 11.9. The van der Waals surface area contributed by atoms with Crippen molar-refractivity contribution in [1.82, 2.24) is 5.32 Å². The second kappa shape index (κ2) is 7.89. The number of hydrogen-bond donors (Lipinski definition) is 2. The van der Waals surface area contributed by atoms with Gasteiger partial charge in [0.2, 0.25) is 5.91 Å². The quantitative estimate of drug-likeness (QED) is 0.804. The van der Waals surface area contributed by atoms with Crippen molar-refractivity contribution in [2.45, 2.75) is 13.3 Å². The Hall–Kier alpha value is -2.95. The number of amides is 2. The minimum atomic E-state index is -0.397. The molecule has 5 nitrogen and oxygen atoms in total. The van der Waals surface area contributed by atoms with Gasteiger partial charge in [-0.3, -0.25) is 14.4 Å². The summed E-state index contributed by atoms with van der Waals surface area (Å²) in [6.45, 7) is 1.76. The number of hydrogen-bond acceptors (Lipinski definition) is 3. The first-order chi connectivity index (χ1) is 11.0. The number of aryl methyl sites for hydroxylation is 1. The molecule has 0 unspecified atom stereocenters. The first-order valence-electron chi connectivity index (χ1n) is 7.26. The molecule has 0 heterocycles. The molecule has 2 aromatic carbocycles. The predicted molar refractivity (Wildman–Crippen MR) is 88.2 cm³/mol. The Labute approximate surface area is 134 Å². The van der Waals surface area contributed by atoms with E-state index in [1.807, 2.05) is 25.1 Å². The lowest BCUT2D eigenvalue weighted by Gasteiger charge is -2.06. The van der Waals surface area contributed by atoms with Crippen LogP contribution >= 0.6 is 0 Å². The van der Waals surface area contributed by atoms with Crippen LogP contribution in [0.4, 0.5) is 5.69 Å². The van der Waals surface area contributed by atoms with Gasteiger partial charge in [-0.15, -0.1) is 0 Å². The van der Waals surface area contributed by atoms with Gasteiger partial charge in [0, 0.05) is 11.3 Å². The number of benzene rings is 2. The third kappa shape index (κ3) is 5.39. The lowest BCUT2D eigenvalue weighted by atomic mass is 10.1. The summed E-state index contributed by atoms with van der Waals surface area (Å²) in [6, 6.07) is 15.9. The molecule has 0 bridgehead atoms. The van der Waals surface area contributed by atoms with E-state index < -0.39 is 5.91 Å². The Kier molecular flexibility index (Phi) is 5.63. The highest BCUT2D eigenvalue weighted by Gasteiger charge is 2.12. The van der Waals surface area contributed by atoms with Gasteiger partial charge in [-0.25, -0.2) is 0 Å². The van der Waals surface area contributed by atoms with E-state index in [1.165, 1.54) is 0 Å². The zero-order valence-corrected chi connectivity index (χ0v) is 12.8. The molecule has 0 fully saturated rings. The van der Waals surface area contributed by atoms with E-state index in [4.69, 9.17) is 0 Å². The average molecular weight is 310 g/mol. The summed E-state index contributed by atoms with van der Waals surface area (Å²) in [6.07, 6.45) is -0.275. The van der Waals surface area contributed by atoms with Crippen LogP contribution in [0.2, 0.25) is 0 Å². The van der Waals surface area contributed by atoms with Crippen LogP contribution in [0.25, 0.3) is 0 Å². The number of ketones is 1. The van der Waals surface area contributed by atoms with E-state index in [1.54, 1.807) is 36.4 Å². The van der Waals surface area contributed by atoms with Crippen LogP contribution in [0.15, 0.2) is 54.6 Å². The molecule has 118 valence electrons. The molecule has 0 atom stereocenters. The standard InChI is InChI=1S/C18H18N2O3/c1-13-7-9-14(10-8-13)18(23)19-12-16(21)11-17(22)20-15-5-3-2-4-6-15/h2-10H,11-12H2,1H3,(H,19,23)(H,20,22). The van der Waals surface area contributed by atoms with Gasteiger partial charge in [-0.1, -0.05) is 35.9 Å². The molecule has 0 aliphatic carbocycles. The van der Waals surface area contributed by atoms with Crippen molar-refractivity contribution in [3.63, 3.8) is 0 Å². The van der Waals surface area contributed by atoms with Gasteiger partial charge in [-0.2, -0.15) is 0 Å². The molecule has 0 saturated heterocycles. The molecular formula is C18H18N2O3. The Morgan fingerprint density at radius 1 is 0.913 bits per heavy atom. The fourth-order valence-corrected chi connectivity index (χ4v) is 1.95. The van der Waals surface area contributed by atoms with Crippen molar-refractivity contribution >= 4 is 23.3 Å². The van der Waals surface area contributed by atoms with Crippen LogP contribution < -0.4 is 10.6 Å². The van der Waals surface area contributed by atoms with Crippen molar-refractivity contribution in [2.75, 3.05) is 11.9 Å². The molecule has 23 heavy (non-hydrogen) atoms. The molecule has 5 heteroatoms. The van der Waals surface area contributed by atoms with Gasteiger partial charge in [0.05, 0.1) is 13.0 Å². The van der Waals surface area contributed by atoms with E-state index in [0.29, 0.717) is 11.3 Å². The van der Waals surface area contributed by atoms with Crippen molar-refractivity contribution in [3.8, 4) is 0 Å². The van der Waals surface area contributed by atoms with Crippen LogP contribution in [0.3, 0.4) is 0 Å². The second-order valence-corrected chi connectivity index (χ2v) is 5.18. The SMILES string of the molecule is Cc1ccc(C(=O)NCC(=O)CC(=O)Nc2ccccc2)cc1. The van der Waals surface area contributed by atoms with Crippen molar-refractivity contribution in [2.24, 2.45) is 0 Å². The number of anilines is 1. The van der Waals surface area contributed by atoms with Crippen molar-refractivity contribution in [1.29, 1.82) is 0 Å². The van der Waals surface area contributed by atoms with Gasteiger partial charge in [0.15, 0.2) is 5.78 Å². The first kappa shape index (κ1) is 16.4. The summed E-state index contributed by atoms with van der Waals surface area (Å²) < 4.78 is 0. The Morgan fingerprint density at radius 2 is 1.57 bits per heavy atom. The normalized spacial score (nSPS) is 9.96. The van der Waals surface area contributed by atoms with Gasteiger partial charge in [0.1, 0.15) is 0 Å². The van der Waals surface area contributed by atoms with Gasteiger partial charge in [0.25, 0.3) is 5.91 Å². The fraction of sp³-hybridized carbons (Fsp3) is 0.167. The van der Waals surface area contributed by atoms with Crippen LogP contribution in [0.1, 0.15) is 22.3 Å². The van der Waals surface area contributed by atoms with Crippen molar-refractivity contribution in [3.05, 3.63) is 65.7 Å². The maximum absolute atomic E-state index is 11.9. The van der Waals surface area contributed by atoms with E-state index in [9.17, 15) is 14.4 Å². The molecule has 2 amide bonds. The maximum Gasteiger partial charge on any atom is 0.251 e. The van der Waals surface area contributed by atoms with Crippen LogP contribution in [0, 0.1) is 6.92 Å². The summed E-state index contributed by atoms with van der Waals surface area (Å²) in [5.74, 6) is -1.08. The van der Waals surface area contributed by atoms with E-state index >= 15 is 0 Å². The zero-order valence-electron chi connectivity index (χ0n) is 12.8. The van der Waals surface area contributed by atoms with Crippen molar-refractivity contribution < 1.29 is 14.4 Å². The van der Waals surface area contributed by atoms with Crippen LogP contribution in [0.5, 0.6) is 0 Å². The molecule has 2 aromatic rings. The highest BCUT2D eigenvalue weighted by atomic mass is 16.2. The smallest absolute Gasteiger partial charge is 0.251 e. The summed E-state index contributed by atoms with van der Waals surface area (Å²) >= 11 is 0. The fourth-order valence-electron chi connectivity index (χ4n) is 1.95. The third-order valence-electron chi connectivity index (χ3n) is 3.18. The summed E-state index contributed by atoms with van der Waals surface area (Å²) in [7, 11) is 0. The topological polar surface area (TPSA) is 75.3 Å². The molecule has 2 rings (SSSR count). The van der Waals surface area contributed by atoms with Crippen LogP contribution in [-0.4, -0.2) is 24.1 Å². The van der Waals surface area contributed by atoms with Gasteiger partial charge in [-0.05, 0) is 31.2 Å². The van der Waals surface area contributed by atoms with E-state index in [0.717, 1.165) is 5.56 Å². The number of rotatable bonds is 6. The molecule has 0 saturated carbocycles. The zero-order chi connectivity index (χ0) is 16.7. The largest absolute Gasteiger partial charge is 0.345 e. The molecule has 0 aliphatic rings. The van der Waals surface area contributed by atoms with Crippen LogP contribution in [-0.2, 0) is 9.59 Å². The molecular weight excluding hydrogens is 292 g/mol. The average Bonchev–Trinajstić information content (AvgIpc) is 2.54. The second-order valence-electron chi connectivity index (χ2n) is 5.18. The highest BCUT2D eigenvalue weighted by molar-refractivity contribution is 6.06. The Morgan fingerprint density at radius 3 is 2.22 bits per heavy atom. The number of nitrogens with one attached hydrogen (secondary N) is 2. The molecule has 0 radical (unpaired) electrons. The third-order valence-corrected chi connectivity index (χ3v) is 3.18. The monoisotopic (exact) mass is 310 g/mol. The molecule has 0 aliphatic heterocycles. The summed E-state index contributed by atoms with van der Waals surface area (Å²) in [5, 5.41) is 5.14. The summed E-state index contributed by atoms with van der Waals surface area (Å²) in [4.78, 5) is 35.4. The first-order valence-corrected chi connectivity index (χ1v) is 7.26. The Bertz CT molecular complexity index is 694. The Balaban J connectivity index is 1.77. The minimum Gasteiger partial charge on any atom is -0.345 e. The highest BCUT2D eigenvalue weighted by Crippen LogP contribution is 2.05. The van der Waals surface area contributed by atoms with Gasteiger partial charge < -0.3 is 10.6 Å². The van der Waals surface area contributed by atoms with E-state index in [-0.39, 0.29) is 24.7 Å². The van der Waals surface area contributed by atoms with E-state index in [2.05, 4.69) is 10.6 Å². The molecule has 2 N–H and O–H groups in total. The number of para-hydroxylation sites is 1. The number of Topliss-reactive ketones (excluding diaryl/α,β-unsaturated/α-hetero) is 1. The minimum absolute atomic E-state index is 0.172. The lowest BCUT2D eigenvalue weighted by molar-refractivity contribution is -0.124.